The highest BCUT2D eigenvalue weighted by Gasteiger charge is 2.07. The van der Waals surface area contributed by atoms with Gasteiger partial charge in [-0.05, 0) is 31.5 Å². The lowest BCUT2D eigenvalue weighted by atomic mass is 10.1. The monoisotopic (exact) mass is 257 g/mol. The summed E-state index contributed by atoms with van der Waals surface area (Å²) in [5.41, 5.74) is 1.61. The summed E-state index contributed by atoms with van der Waals surface area (Å²) in [6, 6.07) is 4.17. The molecule has 1 aromatic heterocycles. The number of benzene rings is 1. The highest BCUT2D eigenvalue weighted by atomic mass is 19.1. The van der Waals surface area contributed by atoms with Crippen molar-refractivity contribution in [2.75, 3.05) is 0 Å². The van der Waals surface area contributed by atoms with Crippen LogP contribution in [-0.2, 0) is 0 Å². The second-order valence-corrected chi connectivity index (χ2v) is 4.55. The van der Waals surface area contributed by atoms with E-state index in [4.69, 9.17) is 0 Å². The van der Waals surface area contributed by atoms with Crippen LogP contribution >= 0.6 is 0 Å². The molecule has 0 saturated carbocycles. The molecular weight excluding hydrogens is 241 g/mol. The number of aryl methyl sites for hydroxylation is 1. The number of fused-ring (bicyclic) bond motifs is 1. The fraction of sp³-hybridized carbons (Fsp3) is 0.312. The van der Waals surface area contributed by atoms with Crippen molar-refractivity contribution in [3.8, 4) is 11.8 Å². The number of H-pyrrole nitrogens is 1. The van der Waals surface area contributed by atoms with Gasteiger partial charge < -0.3 is 4.98 Å². The van der Waals surface area contributed by atoms with E-state index in [1.165, 1.54) is 12.1 Å². The molecule has 0 fully saturated rings. The summed E-state index contributed by atoms with van der Waals surface area (Å²) in [5, 5.41) is 0.352. The van der Waals surface area contributed by atoms with E-state index in [2.05, 4.69) is 23.7 Å². The Labute approximate surface area is 111 Å². The largest absolute Gasteiger partial charge is 0.357 e. The van der Waals surface area contributed by atoms with Crippen LogP contribution in [0.1, 0.15) is 37.4 Å². The molecule has 2 nitrogen and oxygen atoms in total. The van der Waals surface area contributed by atoms with Crippen molar-refractivity contribution in [1.82, 2.24) is 4.98 Å². The molecule has 2 aromatic rings. The molecule has 2 rings (SSSR count). The van der Waals surface area contributed by atoms with E-state index < -0.39 is 5.82 Å². The topological polar surface area (TPSA) is 32.9 Å². The first kappa shape index (κ1) is 13.4. The van der Waals surface area contributed by atoms with Gasteiger partial charge in [0.05, 0.1) is 5.56 Å². The van der Waals surface area contributed by atoms with Crippen molar-refractivity contribution < 1.29 is 4.39 Å². The molecule has 1 aromatic carbocycles. The number of hydrogen-bond donors (Lipinski definition) is 1. The minimum Gasteiger partial charge on any atom is -0.357 e. The van der Waals surface area contributed by atoms with E-state index in [-0.39, 0.29) is 5.43 Å². The Bertz CT molecular complexity index is 719. The molecule has 0 amide bonds. The van der Waals surface area contributed by atoms with Crippen LogP contribution in [0.5, 0.6) is 0 Å². The number of aromatic nitrogens is 1. The zero-order valence-electron chi connectivity index (χ0n) is 11.1. The van der Waals surface area contributed by atoms with Crippen molar-refractivity contribution in [3.63, 3.8) is 0 Å². The van der Waals surface area contributed by atoms with Crippen molar-refractivity contribution in [2.45, 2.75) is 33.1 Å². The second kappa shape index (κ2) is 5.71. The van der Waals surface area contributed by atoms with E-state index in [0.29, 0.717) is 16.5 Å². The molecule has 0 aliphatic heterocycles. The van der Waals surface area contributed by atoms with Crippen LogP contribution in [0.25, 0.3) is 10.9 Å². The first-order valence-corrected chi connectivity index (χ1v) is 6.44. The summed E-state index contributed by atoms with van der Waals surface area (Å²) in [7, 11) is 0. The summed E-state index contributed by atoms with van der Waals surface area (Å²) in [6.45, 7) is 3.91. The first-order valence-electron chi connectivity index (χ1n) is 6.44. The van der Waals surface area contributed by atoms with Crippen LogP contribution in [0.2, 0.25) is 0 Å². The third kappa shape index (κ3) is 2.85. The predicted molar refractivity (Wildman–Crippen MR) is 75.7 cm³/mol. The molecule has 3 heteroatoms. The Balaban J connectivity index is 2.54. The van der Waals surface area contributed by atoms with E-state index >= 15 is 0 Å². The summed E-state index contributed by atoms with van der Waals surface area (Å²) in [6.07, 6.45) is 2.87. The van der Waals surface area contributed by atoms with E-state index in [0.717, 1.165) is 25.0 Å². The summed E-state index contributed by atoms with van der Waals surface area (Å²) < 4.78 is 13.2. The van der Waals surface area contributed by atoms with Crippen LogP contribution in [0, 0.1) is 24.6 Å². The number of aromatic amines is 1. The van der Waals surface area contributed by atoms with E-state index in [9.17, 15) is 9.18 Å². The lowest BCUT2D eigenvalue weighted by Gasteiger charge is -2.03. The standard InChI is InChI=1S/C16H16FNO/c1-3-4-5-6-7-13-11(2)18-15-9-8-12(17)10-14(15)16(13)19/h8-10H,3-5H2,1-2H3,(H,18,19). The van der Waals surface area contributed by atoms with Gasteiger partial charge in [-0.2, -0.15) is 0 Å². The lowest BCUT2D eigenvalue weighted by Crippen LogP contribution is -2.10. The smallest absolute Gasteiger partial charge is 0.205 e. The third-order valence-electron chi connectivity index (χ3n) is 3.02. The van der Waals surface area contributed by atoms with Gasteiger partial charge in [0.2, 0.25) is 5.43 Å². The Morgan fingerprint density at radius 1 is 1.37 bits per heavy atom. The van der Waals surface area contributed by atoms with Gasteiger partial charge in [-0.1, -0.05) is 25.2 Å². The van der Waals surface area contributed by atoms with Crippen LogP contribution in [0.4, 0.5) is 4.39 Å². The van der Waals surface area contributed by atoms with Gasteiger partial charge >= 0.3 is 0 Å². The highest BCUT2D eigenvalue weighted by molar-refractivity contribution is 5.80. The van der Waals surface area contributed by atoms with Gasteiger partial charge in [0.1, 0.15) is 5.82 Å². The Hall–Kier alpha value is -2.08. The van der Waals surface area contributed by atoms with Gasteiger partial charge in [-0.15, -0.1) is 0 Å². The Morgan fingerprint density at radius 2 is 2.16 bits per heavy atom. The molecule has 0 radical (unpaired) electrons. The van der Waals surface area contributed by atoms with Crippen molar-refractivity contribution in [3.05, 3.63) is 45.5 Å². The number of pyridine rings is 1. The molecule has 1 N–H and O–H groups in total. The summed E-state index contributed by atoms with van der Waals surface area (Å²) in [5.74, 6) is 5.50. The molecule has 19 heavy (non-hydrogen) atoms. The fourth-order valence-corrected chi connectivity index (χ4v) is 1.95. The van der Waals surface area contributed by atoms with Crippen LogP contribution in [0.15, 0.2) is 23.0 Å². The lowest BCUT2D eigenvalue weighted by molar-refractivity contribution is 0.629. The molecule has 0 bridgehead atoms. The van der Waals surface area contributed by atoms with Gasteiger partial charge in [0.25, 0.3) is 0 Å². The maximum Gasteiger partial charge on any atom is 0.205 e. The molecule has 98 valence electrons. The Kier molecular flexibility index (Phi) is 4.01. The average Bonchev–Trinajstić information content (AvgIpc) is 2.39. The number of nitrogens with one attached hydrogen (secondary N) is 1. The summed E-state index contributed by atoms with van der Waals surface area (Å²) in [4.78, 5) is 15.4. The maximum atomic E-state index is 13.2. The van der Waals surface area contributed by atoms with Crippen LogP contribution in [-0.4, -0.2) is 4.98 Å². The first-order chi connectivity index (χ1) is 9.13. The minimum atomic E-state index is -0.410. The molecule has 0 aliphatic carbocycles. The predicted octanol–water partition coefficient (Wildman–Crippen LogP) is 3.52. The van der Waals surface area contributed by atoms with Crippen molar-refractivity contribution >= 4 is 10.9 Å². The number of unbranched alkanes of at least 4 members (excludes halogenated alkanes) is 2. The molecule has 0 unspecified atom stereocenters. The molecule has 0 spiro atoms. The quantitative estimate of drug-likeness (QED) is 0.648. The number of halogens is 1. The maximum absolute atomic E-state index is 13.2. The number of hydrogen-bond acceptors (Lipinski definition) is 1. The molecular formula is C16H16FNO. The molecule has 0 aliphatic rings. The zero-order valence-corrected chi connectivity index (χ0v) is 11.1. The van der Waals surface area contributed by atoms with E-state index in [1.54, 1.807) is 6.07 Å². The molecule has 1 heterocycles. The molecule has 0 atom stereocenters. The van der Waals surface area contributed by atoms with Crippen molar-refractivity contribution in [1.29, 1.82) is 0 Å². The van der Waals surface area contributed by atoms with Crippen LogP contribution in [0.3, 0.4) is 0 Å². The van der Waals surface area contributed by atoms with Gasteiger partial charge in [0, 0.05) is 23.0 Å². The van der Waals surface area contributed by atoms with Crippen LogP contribution < -0.4 is 5.43 Å². The highest BCUT2D eigenvalue weighted by Crippen LogP contribution is 2.12. The van der Waals surface area contributed by atoms with Gasteiger partial charge in [0.15, 0.2) is 0 Å². The summed E-state index contributed by atoms with van der Waals surface area (Å²) >= 11 is 0. The zero-order chi connectivity index (χ0) is 13.8. The minimum absolute atomic E-state index is 0.199. The second-order valence-electron chi connectivity index (χ2n) is 4.55. The number of rotatable bonds is 2. The Morgan fingerprint density at radius 3 is 2.89 bits per heavy atom. The SMILES string of the molecule is CCCCC#Cc1c(C)[nH]c2ccc(F)cc2c1=O. The normalized spacial score (nSPS) is 10.3. The molecule has 0 saturated heterocycles. The third-order valence-corrected chi connectivity index (χ3v) is 3.02. The van der Waals surface area contributed by atoms with Crippen molar-refractivity contribution in [2.24, 2.45) is 0 Å². The van der Waals surface area contributed by atoms with Gasteiger partial charge in [-0.3, -0.25) is 4.79 Å². The fourth-order valence-electron chi connectivity index (χ4n) is 1.95. The van der Waals surface area contributed by atoms with E-state index in [1.807, 2.05) is 6.92 Å². The van der Waals surface area contributed by atoms with Gasteiger partial charge in [-0.25, -0.2) is 4.39 Å². The average molecular weight is 257 g/mol.